The third kappa shape index (κ3) is 3.91. The van der Waals surface area contributed by atoms with Gasteiger partial charge in [0.25, 0.3) is 5.91 Å². The smallest absolute Gasteiger partial charge is 0.387 e. The molecule has 2 aromatic rings. The second-order valence-electron chi connectivity index (χ2n) is 4.67. The number of carbonyl (C=O) groups is 1. The molecule has 0 bridgehead atoms. The van der Waals surface area contributed by atoms with Crippen LogP contribution in [0.3, 0.4) is 0 Å². The molecular weight excluding hydrogens is 282 g/mol. The predicted molar refractivity (Wildman–Crippen MR) is 73.6 cm³/mol. The lowest BCUT2D eigenvalue weighted by molar-refractivity contribution is -0.0487. The molecular formula is C14H16F2N2O3. The van der Waals surface area contributed by atoms with Crippen molar-refractivity contribution in [1.29, 1.82) is 0 Å². The molecule has 0 saturated carbocycles. The van der Waals surface area contributed by atoms with Crippen LogP contribution in [-0.2, 0) is 0 Å². The largest absolute Gasteiger partial charge is 0.434 e. The molecule has 1 unspecified atom stereocenters. The number of alkyl halides is 2. The van der Waals surface area contributed by atoms with E-state index in [4.69, 9.17) is 5.11 Å². The van der Waals surface area contributed by atoms with Gasteiger partial charge in [-0.05, 0) is 31.5 Å². The number of amides is 1. The molecule has 1 aromatic carbocycles. The molecule has 3 N–H and O–H groups in total. The van der Waals surface area contributed by atoms with E-state index in [1.54, 1.807) is 19.1 Å². The molecule has 21 heavy (non-hydrogen) atoms. The van der Waals surface area contributed by atoms with Crippen LogP contribution >= 0.6 is 0 Å². The van der Waals surface area contributed by atoms with Crippen molar-refractivity contribution >= 4 is 16.8 Å². The highest BCUT2D eigenvalue weighted by atomic mass is 19.3. The Hall–Kier alpha value is -2.15. The van der Waals surface area contributed by atoms with Crippen LogP contribution in [0.4, 0.5) is 8.78 Å². The third-order valence-corrected chi connectivity index (χ3v) is 2.93. The van der Waals surface area contributed by atoms with E-state index >= 15 is 0 Å². The van der Waals surface area contributed by atoms with E-state index in [0.717, 1.165) is 0 Å². The van der Waals surface area contributed by atoms with E-state index in [-0.39, 0.29) is 17.4 Å². The van der Waals surface area contributed by atoms with Crippen LogP contribution in [0.1, 0.15) is 23.8 Å². The number of aliphatic hydroxyl groups is 1. The second kappa shape index (κ2) is 6.53. The van der Waals surface area contributed by atoms with Gasteiger partial charge in [-0.25, -0.2) is 0 Å². The molecule has 1 aromatic heterocycles. The molecule has 0 aliphatic heterocycles. The van der Waals surface area contributed by atoms with Gasteiger partial charge in [0.2, 0.25) is 0 Å². The first-order valence-corrected chi connectivity index (χ1v) is 6.50. The normalized spacial score (nSPS) is 12.6. The van der Waals surface area contributed by atoms with Gasteiger partial charge in [-0.15, -0.1) is 0 Å². The molecule has 0 radical (unpaired) electrons. The van der Waals surface area contributed by atoms with Gasteiger partial charge in [-0.2, -0.15) is 8.78 Å². The highest BCUT2D eigenvalue weighted by Crippen LogP contribution is 2.27. The minimum absolute atomic E-state index is 0.0155. The maximum Gasteiger partial charge on any atom is 0.387 e. The molecule has 0 fully saturated rings. The van der Waals surface area contributed by atoms with Gasteiger partial charge in [0.1, 0.15) is 11.4 Å². The summed E-state index contributed by atoms with van der Waals surface area (Å²) in [6.07, 6.45) is -0.0646. The number of halogens is 2. The summed E-state index contributed by atoms with van der Waals surface area (Å²) in [6.45, 7) is -0.969. The number of benzene rings is 1. The molecule has 0 aliphatic rings. The van der Waals surface area contributed by atoms with Crippen molar-refractivity contribution in [1.82, 2.24) is 10.3 Å². The summed E-state index contributed by atoms with van der Waals surface area (Å²) in [5, 5.41) is 12.2. The Kier molecular flexibility index (Phi) is 4.74. The number of hydrogen-bond acceptors (Lipinski definition) is 3. The van der Waals surface area contributed by atoms with Gasteiger partial charge in [-0.3, -0.25) is 4.79 Å². The molecule has 0 spiro atoms. The number of H-pyrrole nitrogens is 1. The van der Waals surface area contributed by atoms with E-state index in [2.05, 4.69) is 15.0 Å². The van der Waals surface area contributed by atoms with Crippen LogP contribution in [-0.4, -0.2) is 35.3 Å². The van der Waals surface area contributed by atoms with E-state index in [1.807, 2.05) is 0 Å². The lowest BCUT2D eigenvalue weighted by atomic mass is 10.2. The SMILES string of the molecule is CC(O)CCNC(=O)c1cc2c(OC(F)F)cccc2[nH]1. The van der Waals surface area contributed by atoms with Crippen LogP contribution in [0.25, 0.3) is 10.9 Å². The number of hydrogen-bond donors (Lipinski definition) is 3. The number of aliphatic hydroxyl groups excluding tert-OH is 1. The summed E-state index contributed by atoms with van der Waals surface area (Å²) in [5.74, 6) is -0.350. The van der Waals surface area contributed by atoms with Gasteiger partial charge in [0.05, 0.1) is 6.10 Å². The Morgan fingerprint density at radius 3 is 2.90 bits per heavy atom. The number of rotatable bonds is 6. The first-order chi connectivity index (χ1) is 9.97. The van der Waals surface area contributed by atoms with Crippen molar-refractivity contribution < 1.29 is 23.4 Å². The molecule has 7 heteroatoms. The van der Waals surface area contributed by atoms with E-state index < -0.39 is 12.7 Å². The monoisotopic (exact) mass is 298 g/mol. The number of nitrogens with one attached hydrogen (secondary N) is 2. The molecule has 0 aliphatic carbocycles. The van der Waals surface area contributed by atoms with Crippen molar-refractivity contribution in [3.63, 3.8) is 0 Å². The first kappa shape index (κ1) is 15.2. The van der Waals surface area contributed by atoms with E-state index in [0.29, 0.717) is 23.9 Å². The molecule has 1 heterocycles. The highest BCUT2D eigenvalue weighted by molar-refractivity contribution is 5.99. The van der Waals surface area contributed by atoms with Crippen molar-refractivity contribution in [2.45, 2.75) is 26.1 Å². The average molecular weight is 298 g/mol. The maximum atomic E-state index is 12.3. The lowest BCUT2D eigenvalue weighted by Gasteiger charge is -2.05. The summed E-state index contributed by atoms with van der Waals surface area (Å²) < 4.78 is 29.1. The second-order valence-corrected chi connectivity index (χ2v) is 4.67. The number of ether oxygens (including phenoxy) is 1. The number of aromatic amines is 1. The average Bonchev–Trinajstić information content (AvgIpc) is 2.82. The fourth-order valence-corrected chi connectivity index (χ4v) is 1.94. The van der Waals surface area contributed by atoms with Gasteiger partial charge in [-0.1, -0.05) is 6.07 Å². The summed E-state index contributed by atoms with van der Waals surface area (Å²) in [4.78, 5) is 14.8. The van der Waals surface area contributed by atoms with Crippen LogP contribution in [0.2, 0.25) is 0 Å². The van der Waals surface area contributed by atoms with Gasteiger partial charge >= 0.3 is 6.61 Å². The third-order valence-electron chi connectivity index (χ3n) is 2.93. The topological polar surface area (TPSA) is 74.3 Å². The van der Waals surface area contributed by atoms with Crippen molar-refractivity contribution in [3.05, 3.63) is 30.0 Å². The van der Waals surface area contributed by atoms with Crippen LogP contribution in [0.5, 0.6) is 5.75 Å². The zero-order chi connectivity index (χ0) is 15.4. The molecule has 1 atom stereocenters. The molecule has 2 rings (SSSR count). The Labute approximate surface area is 119 Å². The van der Waals surface area contributed by atoms with Crippen LogP contribution in [0, 0.1) is 0 Å². The zero-order valence-electron chi connectivity index (χ0n) is 11.4. The number of carbonyl (C=O) groups excluding carboxylic acids is 1. The Bertz CT molecular complexity index is 626. The van der Waals surface area contributed by atoms with Crippen LogP contribution in [0.15, 0.2) is 24.3 Å². The van der Waals surface area contributed by atoms with Gasteiger partial charge in [0, 0.05) is 17.4 Å². The lowest BCUT2D eigenvalue weighted by Crippen LogP contribution is -2.26. The minimum Gasteiger partial charge on any atom is -0.434 e. The summed E-state index contributed by atoms with van der Waals surface area (Å²) in [5.41, 5.74) is 0.787. The van der Waals surface area contributed by atoms with Crippen molar-refractivity contribution in [3.8, 4) is 5.75 Å². The first-order valence-electron chi connectivity index (χ1n) is 6.50. The minimum atomic E-state index is -2.92. The molecule has 114 valence electrons. The van der Waals surface area contributed by atoms with E-state index in [1.165, 1.54) is 12.1 Å². The molecule has 5 nitrogen and oxygen atoms in total. The zero-order valence-corrected chi connectivity index (χ0v) is 11.4. The Morgan fingerprint density at radius 1 is 1.48 bits per heavy atom. The fraction of sp³-hybridized carbons (Fsp3) is 0.357. The number of aromatic nitrogens is 1. The molecule has 0 saturated heterocycles. The fourth-order valence-electron chi connectivity index (χ4n) is 1.94. The predicted octanol–water partition coefficient (Wildman–Crippen LogP) is 2.27. The Morgan fingerprint density at radius 2 is 2.24 bits per heavy atom. The summed E-state index contributed by atoms with van der Waals surface area (Å²) in [7, 11) is 0. The summed E-state index contributed by atoms with van der Waals surface area (Å²) >= 11 is 0. The standard InChI is InChI=1S/C14H16F2N2O3/c1-8(19)5-6-17-13(20)11-7-9-10(18-11)3-2-4-12(9)21-14(15)16/h2-4,7-8,14,18-19H,5-6H2,1H3,(H,17,20). The number of fused-ring (bicyclic) bond motifs is 1. The van der Waals surface area contributed by atoms with Gasteiger partial charge in [0.15, 0.2) is 0 Å². The highest BCUT2D eigenvalue weighted by Gasteiger charge is 2.14. The van der Waals surface area contributed by atoms with Gasteiger partial charge < -0.3 is 20.1 Å². The summed E-state index contributed by atoms with van der Waals surface area (Å²) in [6, 6.07) is 6.11. The van der Waals surface area contributed by atoms with Crippen molar-refractivity contribution in [2.24, 2.45) is 0 Å². The maximum absolute atomic E-state index is 12.3. The van der Waals surface area contributed by atoms with Crippen molar-refractivity contribution in [2.75, 3.05) is 6.54 Å². The molecule has 1 amide bonds. The van der Waals surface area contributed by atoms with E-state index in [9.17, 15) is 13.6 Å². The quantitative estimate of drug-likeness (QED) is 0.766. The van der Waals surface area contributed by atoms with Crippen LogP contribution < -0.4 is 10.1 Å². The Balaban J connectivity index is 2.16.